The molecule has 0 atom stereocenters. The predicted molar refractivity (Wildman–Crippen MR) is 83.7 cm³/mol. The van der Waals surface area contributed by atoms with Crippen LogP contribution in [0.1, 0.15) is 18.1 Å². The van der Waals surface area contributed by atoms with Crippen molar-refractivity contribution in [1.29, 1.82) is 0 Å². The summed E-state index contributed by atoms with van der Waals surface area (Å²) in [7, 11) is 3.11. The van der Waals surface area contributed by atoms with Crippen LogP contribution in [0, 0.1) is 0 Å². The van der Waals surface area contributed by atoms with Crippen molar-refractivity contribution in [2.24, 2.45) is 0 Å². The lowest BCUT2D eigenvalue weighted by atomic mass is 10.3. The van der Waals surface area contributed by atoms with Crippen LogP contribution in [0.3, 0.4) is 0 Å². The number of urea groups is 1. The van der Waals surface area contributed by atoms with Crippen LogP contribution in [0.15, 0.2) is 18.2 Å². The highest BCUT2D eigenvalue weighted by Gasteiger charge is 2.17. The quantitative estimate of drug-likeness (QED) is 0.873. The van der Waals surface area contributed by atoms with Gasteiger partial charge in [-0.25, -0.2) is 4.79 Å². The molecular formula is C15H19N5O3. The van der Waals surface area contributed by atoms with E-state index in [4.69, 9.17) is 9.47 Å². The minimum Gasteiger partial charge on any atom is -0.493 e. The number of anilines is 1. The summed E-state index contributed by atoms with van der Waals surface area (Å²) in [5, 5.41) is 13.8. The summed E-state index contributed by atoms with van der Waals surface area (Å²) >= 11 is 0. The van der Waals surface area contributed by atoms with E-state index in [0.717, 1.165) is 31.0 Å². The number of methoxy groups -OCH3 is 2. The zero-order valence-corrected chi connectivity index (χ0v) is 13.1. The second-order valence-electron chi connectivity index (χ2n) is 5.17. The maximum atomic E-state index is 12.0. The Kier molecular flexibility index (Phi) is 4.31. The Balaban J connectivity index is 1.59. The van der Waals surface area contributed by atoms with E-state index >= 15 is 0 Å². The Hall–Kier alpha value is -2.77. The van der Waals surface area contributed by atoms with Gasteiger partial charge in [-0.2, -0.15) is 0 Å². The molecule has 8 nitrogen and oxygen atoms in total. The number of fused-ring (bicyclic) bond motifs is 1. The van der Waals surface area contributed by atoms with E-state index in [1.54, 1.807) is 32.4 Å². The van der Waals surface area contributed by atoms with Crippen molar-refractivity contribution in [2.75, 3.05) is 19.5 Å². The highest BCUT2D eigenvalue weighted by atomic mass is 16.5. The zero-order chi connectivity index (χ0) is 16.2. The highest BCUT2D eigenvalue weighted by Crippen LogP contribution is 2.29. The van der Waals surface area contributed by atoms with E-state index in [1.165, 1.54) is 0 Å². The van der Waals surface area contributed by atoms with Crippen LogP contribution in [0.2, 0.25) is 0 Å². The van der Waals surface area contributed by atoms with Gasteiger partial charge in [0.2, 0.25) is 0 Å². The first-order chi connectivity index (χ1) is 11.2. The maximum absolute atomic E-state index is 12.0. The second-order valence-corrected chi connectivity index (χ2v) is 5.17. The van der Waals surface area contributed by atoms with Crippen LogP contribution < -0.4 is 20.1 Å². The van der Waals surface area contributed by atoms with Crippen molar-refractivity contribution in [1.82, 2.24) is 20.1 Å². The summed E-state index contributed by atoms with van der Waals surface area (Å²) in [5.74, 6) is 2.93. The standard InChI is InChI=1S/C15H19N5O3/c1-22-11-6-5-10(8-12(11)23-2)17-15(21)16-9-14-19-18-13-4-3-7-20(13)14/h5-6,8H,3-4,7,9H2,1-2H3,(H2,16,17,21). The summed E-state index contributed by atoms with van der Waals surface area (Å²) in [6, 6.07) is 4.87. The van der Waals surface area contributed by atoms with Crippen LogP contribution in [0.5, 0.6) is 11.5 Å². The fraction of sp³-hybridized carbons (Fsp3) is 0.400. The number of carbonyl (C=O) groups is 1. The number of ether oxygens (including phenoxy) is 2. The van der Waals surface area contributed by atoms with Gasteiger partial charge in [0.05, 0.1) is 20.8 Å². The number of rotatable bonds is 5. The number of aryl methyl sites for hydroxylation is 1. The first-order valence-electron chi connectivity index (χ1n) is 7.39. The third-order valence-electron chi connectivity index (χ3n) is 3.73. The van der Waals surface area contributed by atoms with Gasteiger partial charge in [0, 0.05) is 24.7 Å². The normalized spacial score (nSPS) is 12.6. The van der Waals surface area contributed by atoms with Gasteiger partial charge < -0.3 is 24.7 Å². The van der Waals surface area contributed by atoms with Crippen molar-refractivity contribution in [3.8, 4) is 11.5 Å². The molecule has 0 saturated heterocycles. The Morgan fingerprint density at radius 1 is 1.26 bits per heavy atom. The molecule has 1 aromatic heterocycles. The van der Waals surface area contributed by atoms with Crippen molar-refractivity contribution >= 4 is 11.7 Å². The fourth-order valence-corrected chi connectivity index (χ4v) is 2.59. The summed E-state index contributed by atoms with van der Waals surface area (Å²) in [5.41, 5.74) is 0.617. The number of aromatic nitrogens is 3. The Labute approximate surface area is 133 Å². The molecule has 0 saturated carbocycles. The topological polar surface area (TPSA) is 90.3 Å². The maximum Gasteiger partial charge on any atom is 0.319 e. The fourth-order valence-electron chi connectivity index (χ4n) is 2.59. The zero-order valence-electron chi connectivity index (χ0n) is 13.1. The Morgan fingerprint density at radius 3 is 2.87 bits per heavy atom. The largest absolute Gasteiger partial charge is 0.493 e. The summed E-state index contributed by atoms with van der Waals surface area (Å²) < 4.78 is 12.4. The van der Waals surface area contributed by atoms with Gasteiger partial charge in [0.1, 0.15) is 5.82 Å². The van der Waals surface area contributed by atoms with E-state index in [9.17, 15) is 4.79 Å². The van der Waals surface area contributed by atoms with Gasteiger partial charge in [-0.1, -0.05) is 0 Å². The number of nitrogens with zero attached hydrogens (tertiary/aromatic N) is 3. The molecule has 8 heteroatoms. The molecule has 0 unspecified atom stereocenters. The van der Waals surface area contributed by atoms with Gasteiger partial charge in [-0.05, 0) is 18.6 Å². The number of carbonyl (C=O) groups excluding carboxylic acids is 1. The Bertz CT molecular complexity index is 713. The number of hydrogen-bond acceptors (Lipinski definition) is 5. The molecule has 1 aliphatic heterocycles. The first-order valence-corrected chi connectivity index (χ1v) is 7.39. The summed E-state index contributed by atoms with van der Waals surface area (Å²) in [6.07, 6.45) is 2.03. The molecule has 122 valence electrons. The van der Waals surface area contributed by atoms with Gasteiger partial charge in [-0.15, -0.1) is 10.2 Å². The number of hydrogen-bond donors (Lipinski definition) is 2. The smallest absolute Gasteiger partial charge is 0.319 e. The van der Waals surface area contributed by atoms with Crippen LogP contribution in [0.25, 0.3) is 0 Å². The molecule has 3 rings (SSSR count). The lowest BCUT2D eigenvalue weighted by Crippen LogP contribution is -2.29. The van der Waals surface area contributed by atoms with Crippen molar-refractivity contribution < 1.29 is 14.3 Å². The monoisotopic (exact) mass is 317 g/mol. The average molecular weight is 317 g/mol. The van der Waals surface area contributed by atoms with Crippen molar-refractivity contribution in [3.63, 3.8) is 0 Å². The van der Waals surface area contributed by atoms with E-state index in [1.807, 2.05) is 0 Å². The van der Waals surface area contributed by atoms with E-state index < -0.39 is 0 Å². The first kappa shape index (κ1) is 15.1. The van der Waals surface area contributed by atoms with Crippen molar-refractivity contribution in [3.05, 3.63) is 29.8 Å². The Morgan fingerprint density at radius 2 is 2.09 bits per heavy atom. The SMILES string of the molecule is COc1ccc(NC(=O)NCc2nnc3n2CCC3)cc1OC. The van der Waals surface area contributed by atoms with Gasteiger partial charge in [0.25, 0.3) is 0 Å². The highest BCUT2D eigenvalue weighted by molar-refractivity contribution is 5.89. The van der Waals surface area contributed by atoms with Crippen LogP contribution in [-0.4, -0.2) is 35.0 Å². The molecule has 2 heterocycles. The van der Waals surface area contributed by atoms with Crippen LogP contribution in [0.4, 0.5) is 10.5 Å². The molecule has 0 aliphatic carbocycles. The van der Waals surface area contributed by atoms with E-state index in [2.05, 4.69) is 25.4 Å². The van der Waals surface area contributed by atoms with E-state index in [-0.39, 0.29) is 6.03 Å². The van der Waals surface area contributed by atoms with Gasteiger partial charge >= 0.3 is 6.03 Å². The third kappa shape index (κ3) is 3.20. The molecule has 2 amide bonds. The number of benzene rings is 1. The molecule has 2 N–H and O–H groups in total. The van der Waals surface area contributed by atoms with Gasteiger partial charge in [-0.3, -0.25) is 0 Å². The molecule has 2 aromatic rings. The molecule has 1 aliphatic rings. The molecule has 1 aromatic carbocycles. The van der Waals surface area contributed by atoms with Crippen molar-refractivity contribution in [2.45, 2.75) is 25.9 Å². The van der Waals surface area contributed by atoms with Crippen LogP contribution >= 0.6 is 0 Å². The predicted octanol–water partition coefficient (Wildman–Crippen LogP) is 1.56. The summed E-state index contributed by atoms with van der Waals surface area (Å²) in [4.78, 5) is 12.0. The van der Waals surface area contributed by atoms with Gasteiger partial charge in [0.15, 0.2) is 17.3 Å². The summed E-state index contributed by atoms with van der Waals surface area (Å²) in [6.45, 7) is 1.25. The molecule has 0 radical (unpaired) electrons. The number of nitrogens with one attached hydrogen (secondary N) is 2. The molecular weight excluding hydrogens is 298 g/mol. The van der Waals surface area contributed by atoms with E-state index in [0.29, 0.717) is 23.7 Å². The molecule has 23 heavy (non-hydrogen) atoms. The molecule has 0 fully saturated rings. The lowest BCUT2D eigenvalue weighted by Gasteiger charge is -2.11. The molecule has 0 bridgehead atoms. The second kappa shape index (κ2) is 6.55. The third-order valence-corrected chi connectivity index (χ3v) is 3.73. The minimum atomic E-state index is -0.312. The minimum absolute atomic E-state index is 0.312. The average Bonchev–Trinajstić information content (AvgIpc) is 3.16. The molecule has 0 spiro atoms. The lowest BCUT2D eigenvalue weighted by molar-refractivity contribution is 0.251. The number of amides is 2. The van der Waals surface area contributed by atoms with Crippen LogP contribution in [-0.2, 0) is 19.5 Å².